The van der Waals surface area contributed by atoms with Gasteiger partial charge in [0.25, 0.3) is 0 Å². The molecule has 1 atom stereocenters. The lowest BCUT2D eigenvalue weighted by Gasteiger charge is -2.20. The molecule has 2 heterocycles. The number of amides is 1. The number of aliphatic hydroxyl groups is 1. The third-order valence-corrected chi connectivity index (χ3v) is 4.47. The lowest BCUT2D eigenvalue weighted by atomic mass is 9.89. The van der Waals surface area contributed by atoms with E-state index in [0.717, 1.165) is 25.1 Å². The van der Waals surface area contributed by atoms with Gasteiger partial charge >= 0.3 is 0 Å². The van der Waals surface area contributed by atoms with Crippen molar-refractivity contribution in [2.24, 2.45) is 11.1 Å². The number of nitrogens with two attached hydrogens (primary N) is 1. The Morgan fingerprint density at radius 1 is 1.68 bits per heavy atom. The van der Waals surface area contributed by atoms with Crippen molar-refractivity contribution in [3.63, 3.8) is 0 Å². The molecule has 1 aromatic rings. The Labute approximate surface area is 117 Å². The van der Waals surface area contributed by atoms with Crippen molar-refractivity contribution in [2.75, 3.05) is 19.7 Å². The minimum absolute atomic E-state index is 0.126. The molecule has 19 heavy (non-hydrogen) atoms. The number of carbonyl (C=O) groups excluding carboxylic acids is 1. The summed E-state index contributed by atoms with van der Waals surface area (Å²) in [7, 11) is 0. The van der Waals surface area contributed by atoms with Gasteiger partial charge in [0, 0.05) is 23.5 Å². The van der Waals surface area contributed by atoms with Crippen molar-refractivity contribution in [2.45, 2.75) is 19.9 Å². The van der Waals surface area contributed by atoms with E-state index in [4.69, 9.17) is 10.8 Å². The third kappa shape index (κ3) is 3.16. The van der Waals surface area contributed by atoms with Crippen molar-refractivity contribution in [1.82, 2.24) is 4.90 Å². The summed E-state index contributed by atoms with van der Waals surface area (Å²) in [5.41, 5.74) is 6.01. The van der Waals surface area contributed by atoms with Crippen LogP contribution in [0.5, 0.6) is 0 Å². The van der Waals surface area contributed by atoms with Crippen LogP contribution in [0.3, 0.4) is 0 Å². The van der Waals surface area contributed by atoms with Gasteiger partial charge in [-0.1, -0.05) is 11.8 Å². The van der Waals surface area contributed by atoms with E-state index in [1.807, 2.05) is 18.4 Å². The number of hydrogen-bond donors (Lipinski definition) is 2. The van der Waals surface area contributed by atoms with Gasteiger partial charge in [-0.2, -0.15) is 0 Å². The number of hydrogen-bond acceptors (Lipinski definition) is 4. The minimum Gasteiger partial charge on any atom is -0.384 e. The van der Waals surface area contributed by atoms with Crippen LogP contribution in [0.4, 0.5) is 0 Å². The zero-order valence-electron chi connectivity index (χ0n) is 11.0. The monoisotopic (exact) mass is 278 g/mol. The molecule has 1 saturated heterocycles. The van der Waals surface area contributed by atoms with Crippen molar-refractivity contribution < 1.29 is 9.90 Å². The van der Waals surface area contributed by atoms with E-state index in [1.165, 1.54) is 4.88 Å². The molecule has 1 aliphatic rings. The molecule has 1 aliphatic heterocycles. The number of nitrogens with zero attached hydrogens (tertiary/aromatic N) is 1. The first-order valence-electron chi connectivity index (χ1n) is 6.23. The van der Waals surface area contributed by atoms with E-state index >= 15 is 0 Å². The minimum atomic E-state index is -0.409. The molecule has 0 spiro atoms. The first kappa shape index (κ1) is 14.1. The molecule has 1 unspecified atom stereocenters. The van der Waals surface area contributed by atoms with Gasteiger partial charge in [-0.15, -0.1) is 11.3 Å². The predicted molar refractivity (Wildman–Crippen MR) is 75.5 cm³/mol. The summed E-state index contributed by atoms with van der Waals surface area (Å²) in [5.74, 6) is 5.40. The van der Waals surface area contributed by atoms with Crippen LogP contribution in [0.25, 0.3) is 0 Å². The highest BCUT2D eigenvalue weighted by Crippen LogP contribution is 2.31. The fourth-order valence-corrected chi connectivity index (χ4v) is 3.18. The predicted octanol–water partition coefficient (Wildman–Crippen LogP) is 0.789. The second kappa shape index (κ2) is 5.74. The smallest absolute Gasteiger partial charge is 0.224 e. The van der Waals surface area contributed by atoms with Crippen LogP contribution in [0.1, 0.15) is 23.8 Å². The van der Waals surface area contributed by atoms with Gasteiger partial charge in [0.1, 0.15) is 6.61 Å². The van der Waals surface area contributed by atoms with Gasteiger partial charge in [-0.3, -0.25) is 9.69 Å². The molecular weight excluding hydrogens is 260 g/mol. The largest absolute Gasteiger partial charge is 0.384 e. The van der Waals surface area contributed by atoms with E-state index in [2.05, 4.69) is 16.7 Å². The Morgan fingerprint density at radius 2 is 2.47 bits per heavy atom. The summed E-state index contributed by atoms with van der Waals surface area (Å²) >= 11 is 1.65. The molecule has 0 radical (unpaired) electrons. The lowest BCUT2D eigenvalue weighted by Crippen LogP contribution is -2.36. The molecule has 0 bridgehead atoms. The first-order chi connectivity index (χ1) is 9.05. The average molecular weight is 278 g/mol. The Morgan fingerprint density at radius 3 is 3.11 bits per heavy atom. The van der Waals surface area contributed by atoms with Gasteiger partial charge in [0.2, 0.25) is 5.91 Å². The topological polar surface area (TPSA) is 66.6 Å². The van der Waals surface area contributed by atoms with E-state index in [9.17, 15) is 4.79 Å². The highest BCUT2D eigenvalue weighted by atomic mass is 32.1. The molecule has 2 rings (SSSR count). The third-order valence-electron chi connectivity index (χ3n) is 3.56. The molecule has 0 saturated carbocycles. The van der Waals surface area contributed by atoms with Crippen LogP contribution >= 0.6 is 11.3 Å². The molecule has 4 nitrogen and oxygen atoms in total. The van der Waals surface area contributed by atoms with Crippen LogP contribution in [0, 0.1) is 17.3 Å². The van der Waals surface area contributed by atoms with Crippen LogP contribution in [-0.2, 0) is 11.3 Å². The Hall–Kier alpha value is -1.35. The molecule has 0 aliphatic carbocycles. The lowest BCUT2D eigenvalue weighted by molar-refractivity contribution is -0.126. The molecule has 1 amide bonds. The van der Waals surface area contributed by atoms with Crippen LogP contribution in [-0.4, -0.2) is 35.6 Å². The van der Waals surface area contributed by atoms with Gasteiger partial charge < -0.3 is 10.8 Å². The van der Waals surface area contributed by atoms with E-state index in [-0.39, 0.29) is 12.5 Å². The molecular formula is C14H18N2O2S. The highest BCUT2D eigenvalue weighted by Gasteiger charge is 2.38. The number of likely N-dealkylation sites (tertiary alicyclic amines) is 1. The summed E-state index contributed by atoms with van der Waals surface area (Å²) in [6.07, 6.45) is 0.811. The van der Waals surface area contributed by atoms with Gasteiger partial charge in [-0.25, -0.2) is 0 Å². The maximum absolute atomic E-state index is 11.4. The highest BCUT2D eigenvalue weighted by molar-refractivity contribution is 7.10. The molecule has 1 aromatic heterocycles. The standard InChI is InChI=1S/C14H18N2O2S/c1-14(13(15)18)5-6-16(10-14)9-12-11(3-2-7-17)4-8-19-12/h4,8,17H,5-7,9-10H2,1H3,(H2,15,18). The average Bonchev–Trinajstić information content (AvgIpc) is 2.95. The molecule has 1 fully saturated rings. The number of thiophene rings is 1. The number of rotatable bonds is 3. The Kier molecular flexibility index (Phi) is 4.25. The van der Waals surface area contributed by atoms with E-state index in [0.29, 0.717) is 6.54 Å². The normalized spacial score (nSPS) is 23.1. The Bertz CT molecular complexity index is 529. The summed E-state index contributed by atoms with van der Waals surface area (Å²) in [4.78, 5) is 14.8. The van der Waals surface area contributed by atoms with Crippen molar-refractivity contribution in [1.29, 1.82) is 0 Å². The van der Waals surface area contributed by atoms with Gasteiger partial charge in [0.05, 0.1) is 5.41 Å². The zero-order valence-corrected chi connectivity index (χ0v) is 11.8. The summed E-state index contributed by atoms with van der Waals surface area (Å²) in [6.45, 7) is 4.17. The van der Waals surface area contributed by atoms with Crippen LogP contribution in [0.15, 0.2) is 11.4 Å². The quantitative estimate of drug-likeness (QED) is 0.803. The molecule has 3 N–H and O–H groups in total. The fraction of sp³-hybridized carbons (Fsp3) is 0.500. The molecule has 0 aromatic carbocycles. The number of aliphatic hydroxyl groups excluding tert-OH is 1. The van der Waals surface area contributed by atoms with Gasteiger partial charge in [-0.05, 0) is 31.3 Å². The second-order valence-corrected chi connectivity index (χ2v) is 6.10. The van der Waals surface area contributed by atoms with Gasteiger partial charge in [0.15, 0.2) is 0 Å². The van der Waals surface area contributed by atoms with Crippen LogP contribution < -0.4 is 5.73 Å². The van der Waals surface area contributed by atoms with Crippen LogP contribution in [0.2, 0.25) is 0 Å². The number of primary amides is 1. The zero-order chi connectivity index (χ0) is 13.9. The van der Waals surface area contributed by atoms with E-state index < -0.39 is 5.41 Å². The SMILES string of the molecule is CC1(C(N)=O)CCN(Cc2sccc2C#CCO)C1. The maximum Gasteiger partial charge on any atom is 0.224 e. The molecule has 102 valence electrons. The van der Waals surface area contributed by atoms with E-state index in [1.54, 1.807) is 11.3 Å². The molecule has 5 heteroatoms. The van der Waals surface area contributed by atoms with Crippen molar-refractivity contribution >= 4 is 17.2 Å². The van der Waals surface area contributed by atoms with Crippen molar-refractivity contribution in [3.8, 4) is 11.8 Å². The van der Waals surface area contributed by atoms with Crippen molar-refractivity contribution in [3.05, 3.63) is 21.9 Å². The summed E-state index contributed by atoms with van der Waals surface area (Å²) in [5, 5.41) is 10.7. The first-order valence-corrected chi connectivity index (χ1v) is 7.11. The fourth-order valence-electron chi connectivity index (χ4n) is 2.30. The summed E-state index contributed by atoms with van der Waals surface area (Å²) < 4.78 is 0. The second-order valence-electron chi connectivity index (χ2n) is 5.10. The summed E-state index contributed by atoms with van der Waals surface area (Å²) in [6, 6.07) is 1.96. The maximum atomic E-state index is 11.4. The number of carbonyl (C=O) groups is 1. The Balaban J connectivity index is 2.04.